The summed E-state index contributed by atoms with van der Waals surface area (Å²) in [5.41, 5.74) is 2.89. The summed E-state index contributed by atoms with van der Waals surface area (Å²) in [4.78, 5) is 28.9. The second kappa shape index (κ2) is 5.44. The van der Waals surface area contributed by atoms with Crippen LogP contribution in [0.4, 0.5) is 5.69 Å². The van der Waals surface area contributed by atoms with Gasteiger partial charge in [-0.15, -0.1) is 0 Å². The minimum Gasteiger partial charge on any atom is -0.322 e. The highest BCUT2D eigenvalue weighted by atomic mass is 16.2. The first-order chi connectivity index (χ1) is 10.6. The molecule has 0 fully saturated rings. The normalized spacial score (nSPS) is 10.6. The second-order valence-electron chi connectivity index (χ2n) is 5.18. The maximum atomic E-state index is 12.4. The van der Waals surface area contributed by atoms with Gasteiger partial charge in [-0.25, -0.2) is 4.98 Å². The van der Waals surface area contributed by atoms with Crippen molar-refractivity contribution in [2.24, 2.45) is 0 Å². The lowest BCUT2D eigenvalue weighted by Crippen LogP contribution is -2.26. The number of aromatic nitrogens is 2. The number of amides is 1. The van der Waals surface area contributed by atoms with Crippen molar-refractivity contribution in [3.05, 3.63) is 75.8 Å². The number of pyridine rings is 1. The van der Waals surface area contributed by atoms with Gasteiger partial charge in [0.2, 0.25) is 0 Å². The van der Waals surface area contributed by atoms with Crippen LogP contribution in [0, 0.1) is 13.8 Å². The molecule has 1 aromatic carbocycles. The molecule has 110 valence electrons. The summed E-state index contributed by atoms with van der Waals surface area (Å²) >= 11 is 0. The third-order valence-corrected chi connectivity index (χ3v) is 3.49. The van der Waals surface area contributed by atoms with Crippen molar-refractivity contribution in [2.75, 3.05) is 5.32 Å². The Labute approximate surface area is 127 Å². The van der Waals surface area contributed by atoms with Crippen molar-refractivity contribution < 1.29 is 4.79 Å². The Morgan fingerprint density at radius 2 is 2.00 bits per heavy atom. The van der Waals surface area contributed by atoms with Gasteiger partial charge in [0, 0.05) is 18.1 Å². The monoisotopic (exact) mass is 293 g/mol. The van der Waals surface area contributed by atoms with E-state index in [0.717, 1.165) is 11.1 Å². The molecule has 1 N–H and O–H groups in total. The number of fused-ring (bicyclic) bond motifs is 1. The first-order valence-corrected chi connectivity index (χ1v) is 6.91. The van der Waals surface area contributed by atoms with Crippen LogP contribution in [0.2, 0.25) is 0 Å². The number of hydrogen-bond acceptors (Lipinski definition) is 3. The van der Waals surface area contributed by atoms with Gasteiger partial charge >= 0.3 is 0 Å². The Hall–Kier alpha value is -2.95. The number of benzene rings is 1. The average molecular weight is 293 g/mol. The van der Waals surface area contributed by atoms with Crippen molar-refractivity contribution in [3.8, 4) is 0 Å². The minimum atomic E-state index is -0.456. The van der Waals surface area contributed by atoms with E-state index < -0.39 is 5.91 Å². The summed E-state index contributed by atoms with van der Waals surface area (Å²) < 4.78 is 1.36. The van der Waals surface area contributed by atoms with Crippen LogP contribution < -0.4 is 10.9 Å². The largest absolute Gasteiger partial charge is 0.322 e. The van der Waals surface area contributed by atoms with E-state index in [1.54, 1.807) is 24.4 Å². The summed E-state index contributed by atoms with van der Waals surface area (Å²) in [7, 11) is 0. The van der Waals surface area contributed by atoms with Gasteiger partial charge in [-0.3, -0.25) is 14.0 Å². The fourth-order valence-electron chi connectivity index (χ4n) is 2.33. The lowest BCUT2D eigenvalue weighted by atomic mass is 10.1. The van der Waals surface area contributed by atoms with Crippen LogP contribution in [0.3, 0.4) is 0 Å². The molecule has 0 saturated carbocycles. The first kappa shape index (κ1) is 14.0. The van der Waals surface area contributed by atoms with E-state index in [1.807, 2.05) is 32.0 Å². The maximum absolute atomic E-state index is 12.4. The van der Waals surface area contributed by atoms with Crippen LogP contribution in [0.1, 0.15) is 21.5 Å². The van der Waals surface area contributed by atoms with Crippen LogP contribution in [-0.4, -0.2) is 15.3 Å². The molecule has 22 heavy (non-hydrogen) atoms. The number of hydrogen-bond donors (Lipinski definition) is 1. The van der Waals surface area contributed by atoms with E-state index in [0.29, 0.717) is 11.3 Å². The SMILES string of the molecule is Cc1ccc(NC(=O)c2cnc3ccccn3c2=O)c(C)c1. The topological polar surface area (TPSA) is 63.5 Å². The summed E-state index contributed by atoms with van der Waals surface area (Å²) in [6, 6.07) is 10.9. The first-order valence-electron chi connectivity index (χ1n) is 6.91. The maximum Gasteiger partial charge on any atom is 0.270 e. The summed E-state index contributed by atoms with van der Waals surface area (Å²) in [5.74, 6) is -0.456. The number of nitrogens with zero attached hydrogens (tertiary/aromatic N) is 2. The van der Waals surface area contributed by atoms with Crippen molar-refractivity contribution in [1.29, 1.82) is 0 Å². The highest BCUT2D eigenvalue weighted by molar-refractivity contribution is 6.04. The Morgan fingerprint density at radius 1 is 1.18 bits per heavy atom. The zero-order valence-corrected chi connectivity index (χ0v) is 12.3. The molecule has 5 heteroatoms. The van der Waals surface area contributed by atoms with E-state index >= 15 is 0 Å². The van der Waals surface area contributed by atoms with Gasteiger partial charge in [0.25, 0.3) is 11.5 Å². The summed E-state index contributed by atoms with van der Waals surface area (Å²) in [5, 5.41) is 2.77. The Kier molecular flexibility index (Phi) is 3.47. The van der Waals surface area contributed by atoms with Gasteiger partial charge in [-0.05, 0) is 37.6 Å². The zero-order valence-electron chi connectivity index (χ0n) is 12.3. The van der Waals surface area contributed by atoms with E-state index in [9.17, 15) is 9.59 Å². The van der Waals surface area contributed by atoms with Gasteiger partial charge in [0.1, 0.15) is 11.2 Å². The molecule has 0 atom stereocenters. The Balaban J connectivity index is 1.99. The smallest absolute Gasteiger partial charge is 0.270 e. The Bertz CT molecular complexity index is 929. The quantitative estimate of drug-likeness (QED) is 0.790. The minimum absolute atomic E-state index is 0.0173. The fourth-order valence-corrected chi connectivity index (χ4v) is 2.33. The lowest BCUT2D eigenvalue weighted by Gasteiger charge is -2.09. The van der Waals surface area contributed by atoms with E-state index in [2.05, 4.69) is 10.3 Å². The number of nitrogens with one attached hydrogen (secondary N) is 1. The molecule has 5 nitrogen and oxygen atoms in total. The number of carbonyl (C=O) groups is 1. The van der Waals surface area contributed by atoms with Crippen molar-refractivity contribution >= 4 is 17.2 Å². The molecule has 0 saturated heterocycles. The Morgan fingerprint density at radius 3 is 2.77 bits per heavy atom. The number of aryl methyl sites for hydroxylation is 2. The van der Waals surface area contributed by atoms with E-state index in [1.165, 1.54) is 10.6 Å². The van der Waals surface area contributed by atoms with Gasteiger partial charge in [0.05, 0.1) is 0 Å². The van der Waals surface area contributed by atoms with E-state index in [-0.39, 0.29) is 11.1 Å². The number of carbonyl (C=O) groups excluding carboxylic acids is 1. The average Bonchev–Trinajstić information content (AvgIpc) is 2.50. The second-order valence-corrected chi connectivity index (χ2v) is 5.18. The number of rotatable bonds is 2. The highest BCUT2D eigenvalue weighted by Gasteiger charge is 2.14. The molecule has 0 aliphatic heterocycles. The van der Waals surface area contributed by atoms with Gasteiger partial charge in [0.15, 0.2) is 0 Å². The molecule has 0 aliphatic carbocycles. The van der Waals surface area contributed by atoms with Crippen LogP contribution >= 0.6 is 0 Å². The predicted octanol–water partition coefficient (Wildman–Crippen LogP) is 2.56. The van der Waals surface area contributed by atoms with Crippen molar-refractivity contribution in [3.63, 3.8) is 0 Å². The molecule has 0 spiro atoms. The molecule has 2 aromatic heterocycles. The number of anilines is 1. The molecule has 1 amide bonds. The summed E-state index contributed by atoms with van der Waals surface area (Å²) in [6.07, 6.45) is 2.91. The van der Waals surface area contributed by atoms with Crippen molar-refractivity contribution in [2.45, 2.75) is 13.8 Å². The third-order valence-electron chi connectivity index (χ3n) is 3.49. The molecule has 0 bridgehead atoms. The van der Waals surface area contributed by atoms with Gasteiger partial charge in [-0.1, -0.05) is 23.8 Å². The fraction of sp³-hybridized carbons (Fsp3) is 0.118. The summed E-state index contributed by atoms with van der Waals surface area (Å²) in [6.45, 7) is 3.90. The van der Waals surface area contributed by atoms with Crippen molar-refractivity contribution in [1.82, 2.24) is 9.38 Å². The lowest BCUT2D eigenvalue weighted by molar-refractivity contribution is 0.102. The van der Waals surface area contributed by atoms with Crippen LogP contribution in [0.5, 0.6) is 0 Å². The van der Waals surface area contributed by atoms with Gasteiger partial charge < -0.3 is 5.32 Å². The molecule has 3 rings (SSSR count). The van der Waals surface area contributed by atoms with Crippen LogP contribution in [-0.2, 0) is 0 Å². The molecular formula is C17H15N3O2. The molecule has 0 unspecified atom stereocenters. The van der Waals surface area contributed by atoms with Crippen LogP contribution in [0.15, 0.2) is 53.6 Å². The third kappa shape index (κ3) is 2.48. The molecule has 0 radical (unpaired) electrons. The predicted molar refractivity (Wildman–Crippen MR) is 85.3 cm³/mol. The molecular weight excluding hydrogens is 278 g/mol. The molecule has 0 aliphatic rings. The zero-order chi connectivity index (χ0) is 15.7. The van der Waals surface area contributed by atoms with E-state index in [4.69, 9.17) is 0 Å². The molecule has 3 aromatic rings. The standard InChI is InChI=1S/C17H15N3O2/c1-11-6-7-14(12(2)9-11)19-16(21)13-10-18-15-5-3-4-8-20(15)17(13)22/h3-10H,1-2H3,(H,19,21). The highest BCUT2D eigenvalue weighted by Crippen LogP contribution is 2.16. The molecule has 2 heterocycles. The van der Waals surface area contributed by atoms with Gasteiger partial charge in [-0.2, -0.15) is 0 Å². The van der Waals surface area contributed by atoms with Crippen LogP contribution in [0.25, 0.3) is 5.65 Å².